The Hall–Kier alpha value is -1.97. The largest absolute Gasteiger partial charge is 0.349 e. The lowest BCUT2D eigenvalue weighted by Gasteiger charge is -2.33. The number of urea groups is 1. The smallest absolute Gasteiger partial charge is 0.321 e. The van der Waals surface area contributed by atoms with E-state index in [1.807, 2.05) is 30.3 Å². The lowest BCUT2D eigenvalue weighted by Crippen LogP contribution is -2.41. The van der Waals surface area contributed by atoms with Crippen molar-refractivity contribution < 1.29 is 4.79 Å². The first-order valence-corrected chi connectivity index (χ1v) is 8.16. The summed E-state index contributed by atoms with van der Waals surface area (Å²) in [4.78, 5) is 14.5. The molecule has 1 fully saturated rings. The Morgan fingerprint density at radius 3 is 2.64 bits per heavy atom. The number of hydrogen-bond donors (Lipinski definition) is 1. The highest BCUT2D eigenvalue weighted by molar-refractivity contribution is 6.00. The summed E-state index contributed by atoms with van der Waals surface area (Å²) in [6.45, 7) is 6.27. The molecule has 0 saturated carbocycles. The van der Waals surface area contributed by atoms with Gasteiger partial charge in [0.1, 0.15) is 0 Å². The third-order valence-corrected chi connectivity index (χ3v) is 4.91. The lowest BCUT2D eigenvalue weighted by atomic mass is 9.87. The van der Waals surface area contributed by atoms with E-state index < -0.39 is 0 Å². The van der Waals surface area contributed by atoms with E-state index in [4.69, 9.17) is 0 Å². The number of amides is 2. The standard InChI is InChI=1S/C18H25N3O/c1-13(2)14-8-11-21(12-9-14)18(22)19-16-6-4-5-15-7-10-20(3)17(15)16/h4-7,10,13-14H,8-9,11-12H2,1-3H3,(H,19,22). The summed E-state index contributed by atoms with van der Waals surface area (Å²) in [5.41, 5.74) is 1.97. The maximum Gasteiger partial charge on any atom is 0.321 e. The zero-order chi connectivity index (χ0) is 15.7. The molecule has 1 saturated heterocycles. The van der Waals surface area contributed by atoms with Crippen LogP contribution in [0.5, 0.6) is 0 Å². The fourth-order valence-electron chi connectivity index (χ4n) is 3.42. The predicted octanol–water partition coefficient (Wildman–Crippen LogP) is 4.08. The number of anilines is 1. The van der Waals surface area contributed by atoms with Crippen LogP contribution in [0.1, 0.15) is 26.7 Å². The average Bonchev–Trinajstić information content (AvgIpc) is 2.90. The number of carbonyl (C=O) groups excluding carboxylic acids is 1. The number of nitrogens with zero attached hydrogens (tertiary/aromatic N) is 2. The number of para-hydroxylation sites is 1. The molecular weight excluding hydrogens is 274 g/mol. The van der Waals surface area contributed by atoms with Crippen molar-refractivity contribution in [1.82, 2.24) is 9.47 Å². The van der Waals surface area contributed by atoms with Crippen molar-refractivity contribution >= 4 is 22.6 Å². The molecule has 0 atom stereocenters. The number of fused-ring (bicyclic) bond motifs is 1. The van der Waals surface area contributed by atoms with E-state index in [2.05, 4.69) is 35.9 Å². The van der Waals surface area contributed by atoms with Crippen molar-refractivity contribution in [2.24, 2.45) is 18.9 Å². The normalized spacial score (nSPS) is 16.5. The van der Waals surface area contributed by atoms with E-state index in [0.717, 1.165) is 48.4 Å². The van der Waals surface area contributed by atoms with Crippen molar-refractivity contribution in [2.75, 3.05) is 18.4 Å². The second-order valence-electron chi connectivity index (χ2n) is 6.67. The Bertz CT molecular complexity index is 666. The quantitative estimate of drug-likeness (QED) is 0.891. The molecule has 0 radical (unpaired) electrons. The number of carbonyl (C=O) groups is 1. The highest BCUT2D eigenvalue weighted by atomic mass is 16.2. The molecule has 2 amide bonds. The Morgan fingerprint density at radius 2 is 1.95 bits per heavy atom. The molecule has 1 aliphatic rings. The minimum absolute atomic E-state index is 0.0240. The van der Waals surface area contributed by atoms with Crippen molar-refractivity contribution in [3.05, 3.63) is 30.5 Å². The third kappa shape index (κ3) is 2.82. The number of hydrogen-bond acceptors (Lipinski definition) is 1. The summed E-state index contributed by atoms with van der Waals surface area (Å²) < 4.78 is 2.05. The Labute approximate surface area is 132 Å². The van der Waals surface area contributed by atoms with Gasteiger partial charge in [-0.15, -0.1) is 0 Å². The number of aryl methyl sites for hydroxylation is 1. The van der Waals surface area contributed by atoms with Gasteiger partial charge in [-0.25, -0.2) is 4.79 Å². The van der Waals surface area contributed by atoms with Crippen LogP contribution in [0.3, 0.4) is 0 Å². The van der Waals surface area contributed by atoms with Gasteiger partial charge in [0, 0.05) is 31.7 Å². The van der Waals surface area contributed by atoms with Gasteiger partial charge in [-0.1, -0.05) is 26.0 Å². The van der Waals surface area contributed by atoms with Crippen LogP contribution in [0.15, 0.2) is 30.5 Å². The zero-order valence-electron chi connectivity index (χ0n) is 13.7. The van der Waals surface area contributed by atoms with Crippen LogP contribution < -0.4 is 5.32 Å². The maximum absolute atomic E-state index is 12.5. The maximum atomic E-state index is 12.5. The molecule has 1 aromatic carbocycles. The molecule has 0 bridgehead atoms. The number of benzene rings is 1. The van der Waals surface area contributed by atoms with Crippen LogP contribution >= 0.6 is 0 Å². The van der Waals surface area contributed by atoms with Crippen LogP contribution in [-0.2, 0) is 7.05 Å². The molecule has 118 valence electrons. The van der Waals surface area contributed by atoms with Gasteiger partial charge in [-0.05, 0) is 36.8 Å². The summed E-state index contributed by atoms with van der Waals surface area (Å²) in [7, 11) is 2.01. The van der Waals surface area contributed by atoms with E-state index >= 15 is 0 Å². The molecule has 0 unspecified atom stereocenters. The van der Waals surface area contributed by atoms with E-state index in [0.29, 0.717) is 5.92 Å². The van der Waals surface area contributed by atoms with Gasteiger partial charge in [0.15, 0.2) is 0 Å². The van der Waals surface area contributed by atoms with Crippen molar-refractivity contribution in [2.45, 2.75) is 26.7 Å². The number of piperidine rings is 1. The van der Waals surface area contributed by atoms with Crippen molar-refractivity contribution in [3.8, 4) is 0 Å². The van der Waals surface area contributed by atoms with Crippen LogP contribution in [0, 0.1) is 11.8 Å². The van der Waals surface area contributed by atoms with Gasteiger partial charge < -0.3 is 14.8 Å². The summed E-state index contributed by atoms with van der Waals surface area (Å²) >= 11 is 0. The van der Waals surface area contributed by atoms with Crippen molar-refractivity contribution in [1.29, 1.82) is 0 Å². The number of nitrogens with one attached hydrogen (secondary N) is 1. The number of likely N-dealkylation sites (tertiary alicyclic amines) is 1. The third-order valence-electron chi connectivity index (χ3n) is 4.91. The summed E-state index contributed by atoms with van der Waals surface area (Å²) in [6, 6.07) is 8.12. The molecule has 1 aromatic heterocycles. The lowest BCUT2D eigenvalue weighted by molar-refractivity contribution is 0.167. The molecular formula is C18H25N3O. The van der Waals surface area contributed by atoms with Crippen LogP contribution in [0.2, 0.25) is 0 Å². The molecule has 22 heavy (non-hydrogen) atoms. The molecule has 3 rings (SSSR count). The van der Waals surface area contributed by atoms with Gasteiger partial charge >= 0.3 is 6.03 Å². The zero-order valence-corrected chi connectivity index (χ0v) is 13.7. The Morgan fingerprint density at radius 1 is 1.23 bits per heavy atom. The van der Waals surface area contributed by atoms with Gasteiger partial charge in [0.2, 0.25) is 0 Å². The molecule has 0 aliphatic carbocycles. The van der Waals surface area contributed by atoms with E-state index in [9.17, 15) is 4.79 Å². The minimum atomic E-state index is 0.0240. The first kappa shape index (κ1) is 14.9. The monoisotopic (exact) mass is 299 g/mol. The van der Waals surface area contributed by atoms with Gasteiger partial charge in [0.05, 0.1) is 11.2 Å². The SMILES string of the molecule is CC(C)C1CCN(C(=O)Nc2cccc3ccn(C)c23)CC1. The van der Waals surface area contributed by atoms with Crippen LogP contribution in [-0.4, -0.2) is 28.6 Å². The Kier molecular flexibility index (Phi) is 4.10. The first-order valence-electron chi connectivity index (χ1n) is 8.16. The Balaban J connectivity index is 1.70. The molecule has 2 heterocycles. The molecule has 1 aliphatic heterocycles. The van der Waals surface area contributed by atoms with Gasteiger partial charge in [0.25, 0.3) is 0 Å². The topological polar surface area (TPSA) is 37.3 Å². The molecule has 1 N–H and O–H groups in total. The second kappa shape index (κ2) is 6.03. The van der Waals surface area contributed by atoms with Gasteiger partial charge in [-0.3, -0.25) is 0 Å². The first-order chi connectivity index (χ1) is 10.6. The highest BCUT2D eigenvalue weighted by Gasteiger charge is 2.24. The summed E-state index contributed by atoms with van der Waals surface area (Å²) in [6.07, 6.45) is 4.24. The molecule has 4 nitrogen and oxygen atoms in total. The van der Waals surface area contributed by atoms with Crippen LogP contribution in [0.25, 0.3) is 10.9 Å². The molecule has 2 aromatic rings. The fourth-order valence-corrected chi connectivity index (χ4v) is 3.42. The molecule has 4 heteroatoms. The van der Waals surface area contributed by atoms with Crippen LogP contribution in [0.4, 0.5) is 10.5 Å². The van der Waals surface area contributed by atoms with Gasteiger partial charge in [-0.2, -0.15) is 0 Å². The summed E-state index contributed by atoms with van der Waals surface area (Å²) in [5, 5.41) is 4.24. The minimum Gasteiger partial charge on any atom is -0.349 e. The fraction of sp³-hybridized carbons (Fsp3) is 0.500. The number of rotatable bonds is 2. The summed E-state index contributed by atoms with van der Waals surface area (Å²) in [5.74, 6) is 1.46. The average molecular weight is 299 g/mol. The predicted molar refractivity (Wildman–Crippen MR) is 91.1 cm³/mol. The van der Waals surface area contributed by atoms with E-state index in [1.165, 1.54) is 0 Å². The number of aromatic nitrogens is 1. The second-order valence-corrected chi connectivity index (χ2v) is 6.67. The van der Waals surface area contributed by atoms with E-state index in [-0.39, 0.29) is 6.03 Å². The van der Waals surface area contributed by atoms with Crippen molar-refractivity contribution in [3.63, 3.8) is 0 Å². The molecule has 0 spiro atoms. The van der Waals surface area contributed by atoms with E-state index in [1.54, 1.807) is 0 Å². The highest BCUT2D eigenvalue weighted by Crippen LogP contribution is 2.27.